The normalized spacial score (nSPS) is 17.0. The first-order valence-electron chi connectivity index (χ1n) is 7.62. The molecule has 0 bridgehead atoms. The van der Waals surface area contributed by atoms with Crippen LogP contribution in [-0.2, 0) is 11.3 Å². The molecule has 1 aromatic heterocycles. The molecule has 0 aliphatic carbocycles. The van der Waals surface area contributed by atoms with E-state index in [9.17, 15) is 14.0 Å². The van der Waals surface area contributed by atoms with Gasteiger partial charge in [0.15, 0.2) is 0 Å². The van der Waals surface area contributed by atoms with E-state index >= 15 is 0 Å². The highest BCUT2D eigenvalue weighted by molar-refractivity contribution is 5.96. The van der Waals surface area contributed by atoms with Gasteiger partial charge in [-0.15, -0.1) is 0 Å². The van der Waals surface area contributed by atoms with Crippen LogP contribution in [0.2, 0.25) is 0 Å². The average molecular weight is 328 g/mol. The number of hydrogen-bond donors (Lipinski definition) is 2. The molecule has 124 valence electrons. The maximum absolute atomic E-state index is 13.3. The van der Waals surface area contributed by atoms with Gasteiger partial charge in [0.1, 0.15) is 5.82 Å². The van der Waals surface area contributed by atoms with E-state index in [4.69, 9.17) is 0 Å². The summed E-state index contributed by atoms with van der Waals surface area (Å²) in [5, 5.41) is 5.46. The maximum Gasteiger partial charge on any atom is 0.315 e. The molecule has 2 heterocycles. The number of nitrogens with zero attached hydrogens (tertiary/aromatic N) is 2. The van der Waals surface area contributed by atoms with Crippen molar-refractivity contribution in [3.8, 4) is 0 Å². The van der Waals surface area contributed by atoms with Gasteiger partial charge in [0, 0.05) is 24.8 Å². The van der Waals surface area contributed by atoms with Crippen LogP contribution in [0.15, 0.2) is 48.7 Å². The van der Waals surface area contributed by atoms with Gasteiger partial charge in [-0.3, -0.25) is 9.78 Å². The third kappa shape index (κ3) is 3.87. The standard InChI is InChI=1S/C17H17FN4O2/c18-12-4-3-6-15(8-12)22-11-14(9-16(22)23)21-17(24)20-10-13-5-1-2-7-19-13/h1-8,14H,9-11H2,(H2,20,21,24)/t14-/m1/s1. The van der Waals surface area contributed by atoms with Crippen molar-refractivity contribution in [1.82, 2.24) is 15.6 Å². The number of urea groups is 1. The number of pyridine rings is 1. The molecule has 0 unspecified atom stereocenters. The predicted octanol–water partition coefficient (Wildman–Crippen LogP) is 1.83. The van der Waals surface area contributed by atoms with Crippen molar-refractivity contribution in [1.29, 1.82) is 0 Å². The van der Waals surface area contributed by atoms with E-state index < -0.39 is 5.82 Å². The molecule has 3 amide bonds. The van der Waals surface area contributed by atoms with Crippen molar-refractivity contribution in [3.63, 3.8) is 0 Å². The molecule has 2 N–H and O–H groups in total. The fourth-order valence-electron chi connectivity index (χ4n) is 2.61. The van der Waals surface area contributed by atoms with Gasteiger partial charge in [0.25, 0.3) is 0 Å². The van der Waals surface area contributed by atoms with Gasteiger partial charge in [-0.05, 0) is 30.3 Å². The number of carbonyl (C=O) groups is 2. The number of hydrogen-bond acceptors (Lipinski definition) is 3. The number of halogens is 1. The average Bonchev–Trinajstić information content (AvgIpc) is 2.94. The van der Waals surface area contributed by atoms with Gasteiger partial charge in [-0.25, -0.2) is 9.18 Å². The summed E-state index contributed by atoms with van der Waals surface area (Å²) in [6.07, 6.45) is 1.84. The molecule has 2 aromatic rings. The first-order valence-corrected chi connectivity index (χ1v) is 7.62. The molecular weight excluding hydrogens is 311 g/mol. The first kappa shape index (κ1) is 15.9. The molecule has 1 atom stereocenters. The molecule has 0 spiro atoms. The van der Waals surface area contributed by atoms with E-state index in [0.29, 0.717) is 18.8 Å². The summed E-state index contributed by atoms with van der Waals surface area (Å²) in [7, 11) is 0. The summed E-state index contributed by atoms with van der Waals surface area (Å²) in [5.74, 6) is -0.541. The van der Waals surface area contributed by atoms with E-state index in [0.717, 1.165) is 5.69 Å². The van der Waals surface area contributed by atoms with Crippen molar-refractivity contribution in [2.45, 2.75) is 19.0 Å². The van der Waals surface area contributed by atoms with Gasteiger partial charge < -0.3 is 15.5 Å². The summed E-state index contributed by atoms with van der Waals surface area (Å²) < 4.78 is 13.3. The van der Waals surface area contributed by atoms with Crippen LogP contribution in [0.1, 0.15) is 12.1 Å². The lowest BCUT2D eigenvalue weighted by atomic mass is 10.2. The molecule has 0 radical (unpaired) electrons. The fourth-order valence-corrected chi connectivity index (χ4v) is 2.61. The number of carbonyl (C=O) groups excluding carboxylic acids is 2. The van der Waals surface area contributed by atoms with Crippen LogP contribution in [0.25, 0.3) is 0 Å². The Kier molecular flexibility index (Phi) is 4.69. The second-order valence-electron chi connectivity index (χ2n) is 5.53. The quantitative estimate of drug-likeness (QED) is 0.899. The summed E-state index contributed by atoms with van der Waals surface area (Å²) in [5.41, 5.74) is 1.25. The Balaban J connectivity index is 1.53. The highest BCUT2D eigenvalue weighted by Gasteiger charge is 2.31. The van der Waals surface area contributed by atoms with Crippen molar-refractivity contribution in [2.24, 2.45) is 0 Å². The van der Waals surface area contributed by atoms with Crippen LogP contribution < -0.4 is 15.5 Å². The molecule has 0 saturated carbocycles. The van der Waals surface area contributed by atoms with Crippen LogP contribution in [0.3, 0.4) is 0 Å². The lowest BCUT2D eigenvalue weighted by Crippen LogP contribution is -2.43. The second kappa shape index (κ2) is 7.08. The van der Waals surface area contributed by atoms with E-state index in [2.05, 4.69) is 15.6 Å². The zero-order valence-electron chi connectivity index (χ0n) is 12.9. The van der Waals surface area contributed by atoms with Gasteiger partial charge >= 0.3 is 6.03 Å². The Morgan fingerprint density at radius 2 is 2.17 bits per heavy atom. The Morgan fingerprint density at radius 1 is 1.29 bits per heavy atom. The third-order valence-corrected chi connectivity index (χ3v) is 3.74. The SMILES string of the molecule is O=C(NCc1ccccn1)N[C@@H]1CC(=O)N(c2cccc(F)c2)C1. The Labute approximate surface area is 138 Å². The van der Waals surface area contributed by atoms with Crippen LogP contribution in [0.5, 0.6) is 0 Å². The van der Waals surface area contributed by atoms with E-state index in [1.54, 1.807) is 24.4 Å². The Hall–Kier alpha value is -2.96. The molecule has 24 heavy (non-hydrogen) atoms. The zero-order valence-corrected chi connectivity index (χ0v) is 12.9. The lowest BCUT2D eigenvalue weighted by Gasteiger charge is -2.17. The second-order valence-corrected chi connectivity index (χ2v) is 5.53. The fraction of sp³-hybridized carbons (Fsp3) is 0.235. The van der Waals surface area contributed by atoms with Crippen molar-refractivity contribution < 1.29 is 14.0 Å². The molecular formula is C17H17FN4O2. The van der Waals surface area contributed by atoms with Gasteiger partial charge in [0.2, 0.25) is 5.91 Å². The van der Waals surface area contributed by atoms with Gasteiger partial charge in [0.05, 0.1) is 18.3 Å². The van der Waals surface area contributed by atoms with Crippen molar-refractivity contribution in [2.75, 3.05) is 11.4 Å². The Morgan fingerprint density at radius 3 is 2.92 bits per heavy atom. The predicted molar refractivity (Wildman–Crippen MR) is 86.8 cm³/mol. The minimum Gasteiger partial charge on any atom is -0.333 e. The lowest BCUT2D eigenvalue weighted by molar-refractivity contribution is -0.117. The minimum absolute atomic E-state index is 0.143. The number of rotatable bonds is 4. The molecule has 1 saturated heterocycles. The van der Waals surface area contributed by atoms with Crippen LogP contribution in [0, 0.1) is 5.82 Å². The number of benzene rings is 1. The smallest absolute Gasteiger partial charge is 0.315 e. The molecule has 1 fully saturated rings. The summed E-state index contributed by atoms with van der Waals surface area (Å²) in [6.45, 7) is 0.625. The Bertz CT molecular complexity index is 738. The van der Waals surface area contributed by atoms with Crippen LogP contribution >= 0.6 is 0 Å². The maximum atomic E-state index is 13.3. The molecule has 1 aliphatic heterocycles. The molecule has 1 aliphatic rings. The summed E-state index contributed by atoms with van der Waals surface area (Å²) in [6, 6.07) is 10.6. The molecule has 3 rings (SSSR count). The molecule has 7 heteroatoms. The van der Waals surface area contributed by atoms with Gasteiger partial charge in [-0.1, -0.05) is 12.1 Å². The molecule has 6 nitrogen and oxygen atoms in total. The van der Waals surface area contributed by atoms with Gasteiger partial charge in [-0.2, -0.15) is 0 Å². The molecule has 1 aromatic carbocycles. The van der Waals surface area contributed by atoms with Crippen molar-refractivity contribution in [3.05, 3.63) is 60.2 Å². The highest BCUT2D eigenvalue weighted by atomic mass is 19.1. The summed E-state index contributed by atoms with van der Waals surface area (Å²) in [4.78, 5) is 29.6. The largest absolute Gasteiger partial charge is 0.333 e. The number of anilines is 1. The van der Waals surface area contributed by atoms with Crippen LogP contribution in [-0.4, -0.2) is 29.5 Å². The number of aromatic nitrogens is 1. The summed E-state index contributed by atoms with van der Waals surface area (Å²) >= 11 is 0. The monoisotopic (exact) mass is 328 g/mol. The zero-order chi connectivity index (χ0) is 16.9. The third-order valence-electron chi connectivity index (χ3n) is 3.74. The number of nitrogens with one attached hydrogen (secondary N) is 2. The van der Waals surface area contributed by atoms with Crippen LogP contribution in [0.4, 0.5) is 14.9 Å². The topological polar surface area (TPSA) is 74.3 Å². The first-order chi connectivity index (χ1) is 11.6. The minimum atomic E-state index is -0.398. The van der Waals surface area contributed by atoms with E-state index in [1.165, 1.54) is 17.0 Å². The van der Waals surface area contributed by atoms with E-state index in [1.807, 2.05) is 12.1 Å². The number of amides is 3. The van der Waals surface area contributed by atoms with Crippen molar-refractivity contribution >= 4 is 17.6 Å². The van der Waals surface area contributed by atoms with E-state index in [-0.39, 0.29) is 24.4 Å². The highest BCUT2D eigenvalue weighted by Crippen LogP contribution is 2.22.